The number of hydrogen-bond donors (Lipinski definition) is 2. The molecule has 98 valence electrons. The number of benzene rings is 1. The second-order valence-electron chi connectivity index (χ2n) is 3.52. The Kier molecular flexibility index (Phi) is 6.03. The van der Waals surface area contributed by atoms with Crippen molar-refractivity contribution in [3.8, 4) is 6.07 Å². The molecule has 0 fully saturated rings. The van der Waals surface area contributed by atoms with E-state index in [0.29, 0.717) is 15.6 Å². The van der Waals surface area contributed by atoms with E-state index in [1.165, 1.54) is 0 Å². The lowest BCUT2D eigenvalue weighted by Crippen LogP contribution is -2.14. The van der Waals surface area contributed by atoms with Gasteiger partial charge >= 0.3 is 6.72 Å². The zero-order valence-corrected chi connectivity index (χ0v) is 12.3. The molecule has 0 saturated heterocycles. The Morgan fingerprint density at radius 1 is 1.44 bits per heavy atom. The number of halogens is 2. The van der Waals surface area contributed by atoms with Crippen LogP contribution >= 0.6 is 29.9 Å². The lowest BCUT2D eigenvalue weighted by Gasteiger charge is -2.18. The molecule has 0 aliphatic heterocycles. The van der Waals surface area contributed by atoms with Gasteiger partial charge in [0.05, 0.1) is 18.6 Å². The number of nitriles is 1. The van der Waals surface area contributed by atoms with E-state index in [4.69, 9.17) is 42.8 Å². The molecule has 0 spiro atoms. The van der Waals surface area contributed by atoms with Gasteiger partial charge in [-0.2, -0.15) is 5.26 Å². The molecule has 1 aromatic rings. The summed E-state index contributed by atoms with van der Waals surface area (Å²) in [4.78, 5) is 18.2. The SMILES string of the molecule is N#CC[C@H](Cc1ccc(Cl)cc1Cl)OP(O)(O)=S. The Hall–Kier alpha value is -0.180. The highest BCUT2D eigenvalue weighted by Gasteiger charge is 2.19. The van der Waals surface area contributed by atoms with Crippen molar-refractivity contribution in [2.75, 3.05) is 0 Å². The Labute approximate surface area is 120 Å². The molecule has 0 saturated carbocycles. The topological polar surface area (TPSA) is 73.5 Å². The fourth-order valence-electron chi connectivity index (χ4n) is 1.38. The minimum absolute atomic E-state index is 0.0154. The largest absolute Gasteiger partial charge is 0.325 e. The molecule has 0 bridgehead atoms. The van der Waals surface area contributed by atoms with Gasteiger partial charge in [0.15, 0.2) is 0 Å². The first-order chi connectivity index (χ1) is 8.31. The van der Waals surface area contributed by atoms with Gasteiger partial charge in [-0.15, -0.1) is 0 Å². The fraction of sp³-hybridized carbons (Fsp3) is 0.300. The molecule has 0 radical (unpaired) electrons. The fourth-order valence-corrected chi connectivity index (χ4v) is 2.76. The summed E-state index contributed by atoms with van der Waals surface area (Å²) in [7, 11) is 0. The summed E-state index contributed by atoms with van der Waals surface area (Å²) in [5, 5.41) is 9.58. The van der Waals surface area contributed by atoms with Crippen molar-refractivity contribution in [2.45, 2.75) is 18.9 Å². The molecular weight excluding hydrogens is 316 g/mol. The summed E-state index contributed by atoms with van der Waals surface area (Å²) >= 11 is 16.1. The standard InChI is InChI=1S/C10H10Cl2NO3PS/c11-8-2-1-7(10(12)6-8)5-9(3-4-13)16-17(14,15)18/h1-2,6,9H,3,5H2,(H2,14,15,18)/t9-/m1/s1. The molecule has 18 heavy (non-hydrogen) atoms. The van der Waals surface area contributed by atoms with E-state index in [0.717, 1.165) is 0 Å². The van der Waals surface area contributed by atoms with E-state index in [1.54, 1.807) is 18.2 Å². The van der Waals surface area contributed by atoms with Crippen LogP contribution in [0.4, 0.5) is 0 Å². The smallest absolute Gasteiger partial charge is 0.322 e. The van der Waals surface area contributed by atoms with Gasteiger partial charge in [-0.3, -0.25) is 0 Å². The van der Waals surface area contributed by atoms with Crippen LogP contribution < -0.4 is 0 Å². The molecule has 1 aromatic carbocycles. The lowest BCUT2D eigenvalue weighted by atomic mass is 10.1. The van der Waals surface area contributed by atoms with E-state index in [-0.39, 0.29) is 12.8 Å². The van der Waals surface area contributed by atoms with Gasteiger partial charge in [0.25, 0.3) is 0 Å². The van der Waals surface area contributed by atoms with E-state index >= 15 is 0 Å². The van der Waals surface area contributed by atoms with Crippen LogP contribution in [-0.2, 0) is 22.8 Å². The van der Waals surface area contributed by atoms with Crippen LogP contribution in [0.25, 0.3) is 0 Å². The van der Waals surface area contributed by atoms with Gasteiger partial charge in [-0.25, -0.2) is 0 Å². The molecule has 0 amide bonds. The molecule has 1 atom stereocenters. The normalized spacial score (nSPS) is 13.1. The van der Waals surface area contributed by atoms with Gasteiger partial charge in [-0.1, -0.05) is 29.3 Å². The zero-order valence-electron chi connectivity index (χ0n) is 9.08. The molecule has 0 unspecified atom stereocenters. The summed E-state index contributed by atoms with van der Waals surface area (Å²) in [5.74, 6) is 0. The Morgan fingerprint density at radius 3 is 2.61 bits per heavy atom. The van der Waals surface area contributed by atoms with Crippen LogP contribution in [0.15, 0.2) is 18.2 Å². The first-order valence-corrected chi connectivity index (χ1v) is 8.25. The van der Waals surface area contributed by atoms with Crippen molar-refractivity contribution >= 4 is 41.7 Å². The molecule has 0 aliphatic rings. The highest BCUT2D eigenvalue weighted by atomic mass is 35.5. The third-order valence-corrected chi connectivity index (χ3v) is 3.49. The lowest BCUT2D eigenvalue weighted by molar-refractivity contribution is 0.172. The molecule has 0 aliphatic carbocycles. The van der Waals surface area contributed by atoms with Crippen LogP contribution in [0, 0.1) is 11.3 Å². The van der Waals surface area contributed by atoms with Crippen LogP contribution in [0.2, 0.25) is 10.0 Å². The Bertz CT molecular complexity index is 514. The molecule has 8 heteroatoms. The van der Waals surface area contributed by atoms with Crippen molar-refractivity contribution in [1.29, 1.82) is 5.26 Å². The third-order valence-electron chi connectivity index (χ3n) is 2.07. The summed E-state index contributed by atoms with van der Waals surface area (Å²) in [6.07, 6.45) is -0.476. The van der Waals surface area contributed by atoms with E-state index in [1.807, 2.05) is 6.07 Å². The van der Waals surface area contributed by atoms with Crippen molar-refractivity contribution in [1.82, 2.24) is 0 Å². The van der Waals surface area contributed by atoms with E-state index in [2.05, 4.69) is 11.8 Å². The summed E-state index contributed by atoms with van der Waals surface area (Å²) in [6, 6.07) is 6.81. The van der Waals surface area contributed by atoms with Gasteiger partial charge < -0.3 is 14.3 Å². The Balaban J connectivity index is 2.83. The molecule has 2 N–H and O–H groups in total. The highest BCUT2D eigenvalue weighted by Crippen LogP contribution is 2.39. The predicted octanol–water partition coefficient (Wildman–Crippen LogP) is 3.04. The second kappa shape index (κ2) is 6.83. The minimum atomic E-state index is -3.80. The predicted molar refractivity (Wildman–Crippen MR) is 74.0 cm³/mol. The van der Waals surface area contributed by atoms with Gasteiger partial charge in [0.2, 0.25) is 0 Å². The summed E-state index contributed by atoms with van der Waals surface area (Å²) < 4.78 is 4.89. The van der Waals surface area contributed by atoms with Crippen molar-refractivity contribution in [2.24, 2.45) is 0 Å². The first kappa shape index (κ1) is 15.9. The Morgan fingerprint density at radius 2 is 2.11 bits per heavy atom. The maximum atomic E-state index is 9.10. The van der Waals surface area contributed by atoms with Crippen molar-refractivity contribution < 1.29 is 14.3 Å². The monoisotopic (exact) mass is 325 g/mol. The minimum Gasteiger partial charge on any atom is -0.325 e. The van der Waals surface area contributed by atoms with Gasteiger partial charge in [0.1, 0.15) is 0 Å². The average Bonchev–Trinajstić information content (AvgIpc) is 2.20. The maximum absolute atomic E-state index is 9.10. The molecule has 0 heterocycles. The van der Waals surface area contributed by atoms with Crippen LogP contribution in [0.1, 0.15) is 12.0 Å². The van der Waals surface area contributed by atoms with Gasteiger partial charge in [-0.05, 0) is 29.5 Å². The van der Waals surface area contributed by atoms with E-state index < -0.39 is 12.8 Å². The summed E-state index contributed by atoms with van der Waals surface area (Å²) in [6.45, 7) is -3.80. The van der Waals surface area contributed by atoms with Gasteiger partial charge in [0, 0.05) is 16.5 Å². The number of nitrogens with zero attached hydrogens (tertiary/aromatic N) is 1. The summed E-state index contributed by atoms with van der Waals surface area (Å²) in [5.41, 5.74) is 0.699. The first-order valence-electron chi connectivity index (χ1n) is 4.86. The van der Waals surface area contributed by atoms with Crippen molar-refractivity contribution in [3.05, 3.63) is 33.8 Å². The third kappa shape index (κ3) is 5.64. The average molecular weight is 326 g/mol. The number of hydrogen-bond acceptors (Lipinski definition) is 3. The van der Waals surface area contributed by atoms with Crippen molar-refractivity contribution in [3.63, 3.8) is 0 Å². The number of rotatable bonds is 5. The van der Waals surface area contributed by atoms with Crippen LogP contribution in [0.3, 0.4) is 0 Å². The second-order valence-corrected chi connectivity index (χ2v) is 6.98. The molecule has 1 rings (SSSR count). The quantitative estimate of drug-likeness (QED) is 0.814. The molecular formula is C10H10Cl2NO3PS. The zero-order chi connectivity index (χ0) is 13.8. The highest BCUT2D eigenvalue weighted by molar-refractivity contribution is 8.06. The molecule has 4 nitrogen and oxygen atoms in total. The van der Waals surface area contributed by atoms with E-state index in [9.17, 15) is 0 Å². The van der Waals surface area contributed by atoms with Crippen LogP contribution in [-0.4, -0.2) is 15.9 Å². The molecule has 0 aromatic heterocycles. The van der Waals surface area contributed by atoms with Crippen LogP contribution in [0.5, 0.6) is 0 Å². The maximum Gasteiger partial charge on any atom is 0.322 e.